The number of fused-ring (bicyclic) bond motifs is 6. The van der Waals surface area contributed by atoms with E-state index in [2.05, 4.69) is 72.8 Å². The predicted molar refractivity (Wildman–Crippen MR) is 127 cm³/mol. The van der Waals surface area contributed by atoms with E-state index in [1.165, 1.54) is 33.4 Å². The van der Waals surface area contributed by atoms with Crippen LogP contribution in [0.2, 0.25) is 0 Å². The predicted octanol–water partition coefficient (Wildman–Crippen LogP) is 6.51. The van der Waals surface area contributed by atoms with E-state index in [-0.39, 0.29) is 12.2 Å². The fourth-order valence-corrected chi connectivity index (χ4v) is 7.80. The van der Waals surface area contributed by atoms with Crippen molar-refractivity contribution in [3.63, 3.8) is 0 Å². The van der Waals surface area contributed by atoms with E-state index in [4.69, 9.17) is 14.2 Å². The Morgan fingerprint density at radius 2 is 0.909 bits per heavy atom. The fourth-order valence-electron chi connectivity index (χ4n) is 7.80. The smallest absolute Gasteiger partial charge is 0.133 e. The fraction of sp³-hybridized carbons (Fsp3) is 0.267. The van der Waals surface area contributed by atoms with Crippen LogP contribution >= 0.6 is 0 Å². The topological polar surface area (TPSA) is 27.7 Å². The molecule has 0 radical (unpaired) electrons. The first-order valence-corrected chi connectivity index (χ1v) is 11.8. The Kier molecular flexibility index (Phi) is 3.40. The number of ether oxygens (including phenoxy) is 3. The molecule has 3 nitrogen and oxygen atoms in total. The molecule has 0 spiro atoms. The number of hydrogen-bond acceptors (Lipinski definition) is 3. The SMILES string of the molecule is COc1c2c(c(OC)c3ccccc13)[C@H]1O[C@H]2[C@@H]2C3c4ccccc4C(c4ccccc43)[C@@H]21. The van der Waals surface area contributed by atoms with Gasteiger partial charge in [-0.3, -0.25) is 0 Å². The van der Waals surface area contributed by atoms with E-state index in [0.717, 1.165) is 22.3 Å². The second-order valence-corrected chi connectivity index (χ2v) is 9.78. The first-order chi connectivity index (χ1) is 16.3. The molecule has 0 aromatic heterocycles. The van der Waals surface area contributed by atoms with Crippen LogP contribution in [0.5, 0.6) is 11.5 Å². The average molecular weight is 433 g/mol. The van der Waals surface area contributed by atoms with Gasteiger partial charge >= 0.3 is 0 Å². The average Bonchev–Trinajstić information content (AvgIpc) is 3.45. The van der Waals surface area contributed by atoms with Gasteiger partial charge in [-0.1, -0.05) is 72.8 Å². The molecule has 33 heavy (non-hydrogen) atoms. The molecule has 2 aliphatic heterocycles. The molecule has 4 aromatic carbocycles. The Morgan fingerprint density at radius 3 is 1.27 bits per heavy atom. The summed E-state index contributed by atoms with van der Waals surface area (Å²) in [6.45, 7) is 0. The summed E-state index contributed by atoms with van der Waals surface area (Å²) < 4.78 is 19.1. The zero-order chi connectivity index (χ0) is 21.8. The highest BCUT2D eigenvalue weighted by Gasteiger charge is 2.64. The molecule has 4 bridgehead atoms. The van der Waals surface area contributed by atoms with Crippen LogP contribution in [0.15, 0.2) is 72.8 Å². The molecule has 0 amide bonds. The summed E-state index contributed by atoms with van der Waals surface area (Å²) in [7, 11) is 3.57. The molecule has 0 saturated carbocycles. The highest BCUT2D eigenvalue weighted by atomic mass is 16.5. The van der Waals surface area contributed by atoms with E-state index < -0.39 is 0 Å². The van der Waals surface area contributed by atoms with Gasteiger partial charge in [0.15, 0.2) is 0 Å². The summed E-state index contributed by atoms with van der Waals surface area (Å²) in [6, 6.07) is 26.5. The lowest BCUT2D eigenvalue weighted by molar-refractivity contribution is 0.0519. The van der Waals surface area contributed by atoms with Crippen LogP contribution in [0.4, 0.5) is 0 Å². The maximum atomic E-state index is 6.93. The van der Waals surface area contributed by atoms with Crippen molar-refractivity contribution in [1.82, 2.24) is 0 Å². The van der Waals surface area contributed by atoms with Gasteiger partial charge in [-0.15, -0.1) is 0 Å². The quantitative estimate of drug-likeness (QED) is 0.362. The van der Waals surface area contributed by atoms with Gasteiger partial charge in [-0.05, 0) is 22.3 Å². The third kappa shape index (κ3) is 1.98. The molecule has 4 atom stereocenters. The number of benzene rings is 4. The molecule has 4 aromatic rings. The Balaban J connectivity index is 1.44. The number of rotatable bonds is 2. The van der Waals surface area contributed by atoms with Gasteiger partial charge in [0, 0.05) is 45.6 Å². The van der Waals surface area contributed by atoms with E-state index in [1.807, 2.05) is 0 Å². The van der Waals surface area contributed by atoms with Crippen LogP contribution in [-0.2, 0) is 4.74 Å². The minimum absolute atomic E-state index is 0.0117. The van der Waals surface area contributed by atoms with Gasteiger partial charge in [-0.25, -0.2) is 0 Å². The van der Waals surface area contributed by atoms with Crippen LogP contribution in [0, 0.1) is 11.8 Å². The largest absolute Gasteiger partial charge is 0.496 e. The minimum atomic E-state index is 0.0117. The van der Waals surface area contributed by atoms with Crippen LogP contribution in [0.1, 0.15) is 57.4 Å². The van der Waals surface area contributed by atoms with E-state index in [0.29, 0.717) is 23.7 Å². The van der Waals surface area contributed by atoms with Gasteiger partial charge in [0.25, 0.3) is 0 Å². The summed E-state index contributed by atoms with van der Waals surface area (Å²) >= 11 is 0. The van der Waals surface area contributed by atoms with Crippen LogP contribution in [-0.4, -0.2) is 14.2 Å². The third-order valence-electron chi connectivity index (χ3n) is 8.71. The van der Waals surface area contributed by atoms with Crippen molar-refractivity contribution in [3.05, 3.63) is 106 Å². The molecule has 1 saturated heterocycles. The van der Waals surface area contributed by atoms with Gasteiger partial charge in [0.1, 0.15) is 11.5 Å². The Labute approximate surface area is 192 Å². The second kappa shape index (κ2) is 6.18. The molecule has 162 valence electrons. The monoisotopic (exact) mass is 432 g/mol. The van der Waals surface area contributed by atoms with Gasteiger partial charge in [0.05, 0.1) is 26.4 Å². The lowest BCUT2D eigenvalue weighted by Gasteiger charge is -2.51. The van der Waals surface area contributed by atoms with E-state index in [9.17, 15) is 0 Å². The summed E-state index contributed by atoms with van der Waals surface area (Å²) in [5.74, 6) is 3.40. The molecule has 2 heterocycles. The van der Waals surface area contributed by atoms with Gasteiger partial charge in [0.2, 0.25) is 0 Å². The standard InChI is InChI=1S/C30H24O3/c1-31-27-19-13-7-8-14-20(19)28(32-2)26-25(27)29-23-21-15-9-3-5-11-17(15)22(24(23)30(26)33-29)18-12-6-4-10-16(18)21/h3-14,21-24,29-30H,1-2H3/t21?,22?,23-,24+,29-,30-/m0/s1. The summed E-state index contributed by atoms with van der Waals surface area (Å²) in [4.78, 5) is 0. The highest BCUT2D eigenvalue weighted by molar-refractivity contribution is 5.97. The summed E-state index contributed by atoms with van der Waals surface area (Å²) in [6.07, 6.45) is 0.0235. The molecule has 3 heteroatoms. The molecule has 5 aliphatic rings. The van der Waals surface area contributed by atoms with Crippen molar-refractivity contribution in [2.75, 3.05) is 14.2 Å². The zero-order valence-corrected chi connectivity index (χ0v) is 18.6. The Bertz CT molecular complexity index is 1320. The van der Waals surface area contributed by atoms with Crippen molar-refractivity contribution < 1.29 is 14.2 Å². The first kappa shape index (κ1) is 18.2. The molecule has 9 rings (SSSR count). The van der Waals surface area contributed by atoms with E-state index in [1.54, 1.807) is 14.2 Å². The molecule has 1 fully saturated rings. The molecule has 3 aliphatic carbocycles. The van der Waals surface area contributed by atoms with Crippen molar-refractivity contribution in [3.8, 4) is 11.5 Å². The molecular formula is C30H24O3. The lowest BCUT2D eigenvalue weighted by atomic mass is 9.50. The lowest BCUT2D eigenvalue weighted by Crippen LogP contribution is -2.42. The maximum absolute atomic E-state index is 6.93. The highest BCUT2D eigenvalue weighted by Crippen LogP contribution is 2.74. The number of hydrogen-bond donors (Lipinski definition) is 0. The second-order valence-electron chi connectivity index (χ2n) is 9.78. The zero-order valence-electron chi connectivity index (χ0n) is 18.6. The summed E-state index contributed by atoms with van der Waals surface area (Å²) in [5, 5.41) is 2.20. The van der Waals surface area contributed by atoms with E-state index >= 15 is 0 Å². The maximum Gasteiger partial charge on any atom is 0.133 e. The van der Waals surface area contributed by atoms with Crippen LogP contribution < -0.4 is 9.47 Å². The summed E-state index contributed by atoms with van der Waals surface area (Å²) in [5.41, 5.74) is 8.33. The van der Waals surface area contributed by atoms with Gasteiger partial charge in [-0.2, -0.15) is 0 Å². The van der Waals surface area contributed by atoms with Crippen molar-refractivity contribution >= 4 is 10.8 Å². The molecule has 0 unspecified atom stereocenters. The Morgan fingerprint density at radius 1 is 0.545 bits per heavy atom. The number of methoxy groups -OCH3 is 2. The third-order valence-corrected chi connectivity index (χ3v) is 8.71. The van der Waals surface area contributed by atoms with Crippen molar-refractivity contribution in [2.45, 2.75) is 24.0 Å². The first-order valence-electron chi connectivity index (χ1n) is 11.8. The van der Waals surface area contributed by atoms with Crippen LogP contribution in [0.25, 0.3) is 10.8 Å². The molecule has 0 N–H and O–H groups in total. The Hall–Kier alpha value is -3.30. The van der Waals surface area contributed by atoms with Crippen molar-refractivity contribution in [2.24, 2.45) is 11.8 Å². The van der Waals surface area contributed by atoms with Gasteiger partial charge < -0.3 is 14.2 Å². The minimum Gasteiger partial charge on any atom is -0.496 e. The van der Waals surface area contributed by atoms with Crippen molar-refractivity contribution in [1.29, 1.82) is 0 Å². The molecular weight excluding hydrogens is 408 g/mol. The normalized spacial score (nSPS) is 29.4. The van der Waals surface area contributed by atoms with Crippen LogP contribution in [0.3, 0.4) is 0 Å².